The van der Waals surface area contributed by atoms with E-state index in [-0.39, 0.29) is 17.9 Å². The van der Waals surface area contributed by atoms with Crippen molar-refractivity contribution in [2.45, 2.75) is 18.9 Å². The van der Waals surface area contributed by atoms with E-state index in [2.05, 4.69) is 32.9 Å². The molecule has 2 unspecified atom stereocenters. The Morgan fingerprint density at radius 1 is 1.23 bits per heavy atom. The van der Waals surface area contributed by atoms with Crippen molar-refractivity contribution in [2.75, 3.05) is 7.05 Å². The van der Waals surface area contributed by atoms with Crippen LogP contribution >= 0.6 is 22.6 Å². The van der Waals surface area contributed by atoms with Crippen LogP contribution in [0.4, 0.5) is 0 Å². The number of benzene rings is 2. The predicted molar refractivity (Wildman–Crippen MR) is 108 cm³/mol. The number of nitrogens with zero attached hydrogens (tertiary/aromatic N) is 1. The molecule has 0 radical (unpaired) electrons. The van der Waals surface area contributed by atoms with Crippen LogP contribution in [0.5, 0.6) is 17.2 Å². The number of amides is 1. The number of pyridine rings is 1. The smallest absolute Gasteiger partial charge is 0.231 e. The normalized spacial score (nSPS) is 18.3. The van der Waals surface area contributed by atoms with Gasteiger partial charge in [-0.25, -0.2) is 0 Å². The van der Waals surface area contributed by atoms with E-state index in [4.69, 9.17) is 9.47 Å². The Balaban J connectivity index is 1.67. The number of halogens is 1. The first kappa shape index (κ1) is 17.1. The first-order chi connectivity index (χ1) is 12.6. The lowest BCUT2D eigenvalue weighted by atomic mass is 9.95. The number of ether oxygens (including phenoxy) is 2. The van der Waals surface area contributed by atoms with Crippen LogP contribution in [0.15, 0.2) is 48.7 Å². The van der Waals surface area contributed by atoms with Crippen molar-refractivity contribution in [3.05, 3.63) is 57.8 Å². The number of aromatic nitrogens is 1. The minimum atomic E-state index is -0.298. The van der Waals surface area contributed by atoms with Gasteiger partial charge in [0.15, 0.2) is 0 Å². The predicted octanol–water partition coefficient (Wildman–Crippen LogP) is 4.24. The zero-order chi connectivity index (χ0) is 18.3. The molecular weight excluding hydrogens is 443 g/mol. The molecule has 2 atom stereocenters. The van der Waals surface area contributed by atoms with Gasteiger partial charge < -0.3 is 14.8 Å². The van der Waals surface area contributed by atoms with Crippen molar-refractivity contribution in [2.24, 2.45) is 0 Å². The topological polar surface area (TPSA) is 60.5 Å². The molecule has 0 spiro atoms. The largest absolute Gasteiger partial charge is 0.489 e. The molecule has 3 aromatic rings. The summed E-state index contributed by atoms with van der Waals surface area (Å²) in [7, 11) is 1.64. The van der Waals surface area contributed by atoms with E-state index in [0.29, 0.717) is 11.5 Å². The molecule has 1 N–H and O–H groups in total. The van der Waals surface area contributed by atoms with Crippen molar-refractivity contribution in [1.82, 2.24) is 10.3 Å². The van der Waals surface area contributed by atoms with Crippen LogP contribution in [0.3, 0.4) is 0 Å². The molecule has 2 aromatic carbocycles. The summed E-state index contributed by atoms with van der Waals surface area (Å²) in [5.41, 5.74) is 1.78. The van der Waals surface area contributed by atoms with Gasteiger partial charge in [0, 0.05) is 33.8 Å². The van der Waals surface area contributed by atoms with Crippen LogP contribution in [0, 0.1) is 3.57 Å². The van der Waals surface area contributed by atoms with Gasteiger partial charge in [-0.15, -0.1) is 0 Å². The van der Waals surface area contributed by atoms with Crippen molar-refractivity contribution in [3.8, 4) is 17.2 Å². The van der Waals surface area contributed by atoms with E-state index in [1.165, 1.54) is 0 Å². The fourth-order valence-corrected chi connectivity index (χ4v) is 3.75. The van der Waals surface area contributed by atoms with Crippen molar-refractivity contribution in [3.63, 3.8) is 0 Å². The van der Waals surface area contributed by atoms with Crippen LogP contribution in [0.25, 0.3) is 10.9 Å². The Morgan fingerprint density at radius 2 is 2.08 bits per heavy atom. The SMILES string of the molecule is CNC(=O)C1c2ccc(Oc3ccnc4cc(I)ccc34)cc2OC1C. The molecule has 1 aliphatic heterocycles. The number of rotatable bonds is 3. The molecule has 0 saturated heterocycles. The lowest BCUT2D eigenvalue weighted by molar-refractivity contribution is -0.123. The second-order valence-electron chi connectivity index (χ2n) is 6.19. The standard InChI is InChI=1S/C20H17IN2O3/c1-11-19(20(24)22-2)15-6-4-13(10-18(15)25-11)26-17-7-8-23-16-9-12(21)3-5-14(16)17/h3-11,19H,1-2H3,(H,22,24). The van der Waals surface area contributed by atoms with E-state index < -0.39 is 0 Å². The molecule has 1 aliphatic rings. The first-order valence-electron chi connectivity index (χ1n) is 8.31. The molecule has 5 nitrogen and oxygen atoms in total. The Labute approximate surface area is 164 Å². The summed E-state index contributed by atoms with van der Waals surface area (Å²) in [4.78, 5) is 16.5. The fraction of sp³-hybridized carbons (Fsp3) is 0.200. The Morgan fingerprint density at radius 3 is 2.88 bits per heavy atom. The highest BCUT2D eigenvalue weighted by Gasteiger charge is 2.36. The molecule has 0 saturated carbocycles. The van der Waals surface area contributed by atoms with Crippen LogP contribution in [0.1, 0.15) is 18.4 Å². The Bertz CT molecular complexity index is 1010. The molecule has 0 bridgehead atoms. The van der Waals surface area contributed by atoms with Gasteiger partial charge in [0.2, 0.25) is 5.91 Å². The first-order valence-corrected chi connectivity index (χ1v) is 9.39. The third kappa shape index (κ3) is 2.98. The molecule has 1 aromatic heterocycles. The zero-order valence-corrected chi connectivity index (χ0v) is 16.5. The minimum absolute atomic E-state index is 0.0420. The second-order valence-corrected chi connectivity index (χ2v) is 7.43. The van der Waals surface area contributed by atoms with E-state index in [0.717, 1.165) is 25.8 Å². The number of carbonyl (C=O) groups excluding carboxylic acids is 1. The summed E-state index contributed by atoms with van der Waals surface area (Å²) < 4.78 is 13.1. The van der Waals surface area contributed by atoms with Crippen LogP contribution in [-0.2, 0) is 4.79 Å². The van der Waals surface area contributed by atoms with Gasteiger partial charge in [0.1, 0.15) is 29.3 Å². The summed E-state index contributed by atoms with van der Waals surface area (Å²) >= 11 is 2.27. The van der Waals surface area contributed by atoms with Crippen molar-refractivity contribution in [1.29, 1.82) is 0 Å². The fourth-order valence-electron chi connectivity index (χ4n) is 3.28. The number of hydrogen-bond acceptors (Lipinski definition) is 4. The third-order valence-corrected chi connectivity index (χ3v) is 5.19. The van der Waals surface area contributed by atoms with E-state index in [9.17, 15) is 4.79 Å². The number of likely N-dealkylation sites (N-methyl/N-ethyl adjacent to an activating group) is 1. The highest BCUT2D eigenvalue weighted by Crippen LogP contribution is 2.41. The van der Waals surface area contributed by atoms with Crippen LogP contribution in [0.2, 0.25) is 0 Å². The number of hydrogen-bond donors (Lipinski definition) is 1. The molecule has 26 heavy (non-hydrogen) atoms. The van der Waals surface area contributed by atoms with Gasteiger partial charge in [0.25, 0.3) is 0 Å². The maximum absolute atomic E-state index is 12.1. The average Bonchev–Trinajstić information content (AvgIpc) is 2.96. The Hall–Kier alpha value is -2.35. The van der Waals surface area contributed by atoms with Crippen molar-refractivity contribution < 1.29 is 14.3 Å². The minimum Gasteiger partial charge on any atom is -0.489 e. The molecule has 132 valence electrons. The van der Waals surface area contributed by atoms with E-state index in [1.807, 2.05) is 49.4 Å². The van der Waals surface area contributed by atoms with Crippen LogP contribution in [-0.4, -0.2) is 24.0 Å². The monoisotopic (exact) mass is 460 g/mol. The van der Waals surface area contributed by atoms with Crippen LogP contribution < -0.4 is 14.8 Å². The Kier molecular flexibility index (Phi) is 4.44. The van der Waals surface area contributed by atoms with Gasteiger partial charge in [-0.3, -0.25) is 9.78 Å². The molecule has 4 rings (SSSR count). The molecule has 0 aliphatic carbocycles. The zero-order valence-electron chi connectivity index (χ0n) is 14.3. The summed E-state index contributed by atoms with van der Waals surface area (Å²) in [5.74, 6) is 1.75. The van der Waals surface area contributed by atoms with Gasteiger partial charge >= 0.3 is 0 Å². The number of fused-ring (bicyclic) bond motifs is 2. The quantitative estimate of drug-likeness (QED) is 0.595. The van der Waals surface area contributed by atoms with Crippen molar-refractivity contribution >= 4 is 39.4 Å². The van der Waals surface area contributed by atoms with Gasteiger partial charge in [-0.1, -0.05) is 6.07 Å². The highest BCUT2D eigenvalue weighted by atomic mass is 127. The number of carbonyl (C=O) groups is 1. The molecular formula is C20H17IN2O3. The average molecular weight is 460 g/mol. The second kappa shape index (κ2) is 6.75. The molecule has 0 fully saturated rings. The maximum atomic E-state index is 12.1. The van der Waals surface area contributed by atoms with E-state index >= 15 is 0 Å². The van der Waals surface area contributed by atoms with Gasteiger partial charge in [0.05, 0.1) is 5.52 Å². The highest BCUT2D eigenvalue weighted by molar-refractivity contribution is 14.1. The summed E-state index contributed by atoms with van der Waals surface area (Å²) in [6, 6.07) is 13.5. The third-order valence-electron chi connectivity index (χ3n) is 4.52. The van der Waals surface area contributed by atoms with E-state index in [1.54, 1.807) is 13.2 Å². The maximum Gasteiger partial charge on any atom is 0.231 e. The van der Waals surface area contributed by atoms with Gasteiger partial charge in [-0.2, -0.15) is 0 Å². The summed E-state index contributed by atoms with van der Waals surface area (Å²) in [5, 5.41) is 3.65. The number of nitrogens with one attached hydrogen (secondary N) is 1. The summed E-state index contributed by atoms with van der Waals surface area (Å²) in [6.45, 7) is 1.90. The summed E-state index contributed by atoms with van der Waals surface area (Å²) in [6.07, 6.45) is 1.53. The lowest BCUT2D eigenvalue weighted by Gasteiger charge is -2.12. The molecule has 1 amide bonds. The molecule has 6 heteroatoms. The van der Waals surface area contributed by atoms with Gasteiger partial charge in [-0.05, 0) is 59.8 Å². The lowest BCUT2D eigenvalue weighted by Crippen LogP contribution is -2.31. The molecule has 2 heterocycles.